The summed E-state index contributed by atoms with van der Waals surface area (Å²) in [6, 6.07) is 5.29. The maximum Gasteiger partial charge on any atom is 0.226 e. The number of rotatable bonds is 5. The molecule has 1 aromatic rings. The Hall–Kier alpha value is -0.840. The predicted molar refractivity (Wildman–Crippen MR) is 99.8 cm³/mol. The van der Waals surface area contributed by atoms with Crippen molar-refractivity contribution in [2.24, 2.45) is 11.8 Å². The minimum atomic E-state index is -0.286. The number of piperidine rings is 1. The molecule has 3 fully saturated rings. The Morgan fingerprint density at radius 1 is 1.24 bits per heavy atom. The molecule has 3 aliphatic rings. The molecule has 138 valence electrons. The first-order chi connectivity index (χ1) is 11.6. The second-order valence-electron chi connectivity index (χ2n) is 7.54. The first-order valence-corrected chi connectivity index (χ1v) is 9.47. The lowest BCUT2D eigenvalue weighted by Gasteiger charge is -2.33. The van der Waals surface area contributed by atoms with Crippen LogP contribution in [0.2, 0.25) is 5.02 Å². The van der Waals surface area contributed by atoms with Crippen LogP contribution in [0.5, 0.6) is 0 Å². The van der Waals surface area contributed by atoms with Gasteiger partial charge in [-0.3, -0.25) is 4.79 Å². The molecule has 0 bridgehead atoms. The van der Waals surface area contributed by atoms with Gasteiger partial charge in [-0.2, -0.15) is 0 Å². The number of benzene rings is 1. The SMILES string of the molecule is Cl.O=C(C1CC1c1c(F)cccc1Cl)N1CCC(NCC2CC2)CC1. The smallest absolute Gasteiger partial charge is 0.226 e. The lowest BCUT2D eigenvalue weighted by atomic mass is 10.0. The van der Waals surface area contributed by atoms with E-state index >= 15 is 0 Å². The summed E-state index contributed by atoms with van der Waals surface area (Å²) >= 11 is 6.13. The fourth-order valence-corrected chi connectivity index (χ4v) is 4.15. The van der Waals surface area contributed by atoms with Gasteiger partial charge in [-0.15, -0.1) is 12.4 Å². The summed E-state index contributed by atoms with van der Waals surface area (Å²) in [5, 5.41) is 4.08. The number of nitrogens with one attached hydrogen (secondary N) is 1. The highest BCUT2D eigenvalue weighted by Crippen LogP contribution is 2.51. The van der Waals surface area contributed by atoms with Crippen molar-refractivity contribution in [1.29, 1.82) is 0 Å². The van der Waals surface area contributed by atoms with Crippen molar-refractivity contribution in [3.05, 3.63) is 34.6 Å². The molecule has 6 heteroatoms. The lowest BCUT2D eigenvalue weighted by molar-refractivity contribution is -0.133. The highest BCUT2D eigenvalue weighted by Gasteiger charge is 2.48. The minimum Gasteiger partial charge on any atom is -0.342 e. The number of likely N-dealkylation sites (tertiary alicyclic amines) is 1. The molecule has 1 N–H and O–H groups in total. The van der Waals surface area contributed by atoms with Crippen molar-refractivity contribution in [2.45, 2.75) is 44.1 Å². The van der Waals surface area contributed by atoms with E-state index in [4.69, 9.17) is 11.6 Å². The Bertz CT molecular complexity index is 610. The van der Waals surface area contributed by atoms with E-state index in [-0.39, 0.29) is 36.0 Å². The Morgan fingerprint density at radius 2 is 1.96 bits per heavy atom. The van der Waals surface area contributed by atoms with Crippen molar-refractivity contribution in [3.8, 4) is 0 Å². The second kappa shape index (κ2) is 7.81. The highest BCUT2D eigenvalue weighted by molar-refractivity contribution is 6.31. The van der Waals surface area contributed by atoms with Gasteiger partial charge in [0.25, 0.3) is 0 Å². The lowest BCUT2D eigenvalue weighted by Crippen LogP contribution is -2.46. The number of halogens is 3. The van der Waals surface area contributed by atoms with Gasteiger partial charge >= 0.3 is 0 Å². The molecule has 1 aliphatic heterocycles. The number of nitrogens with zero attached hydrogens (tertiary/aromatic N) is 1. The summed E-state index contributed by atoms with van der Waals surface area (Å²) < 4.78 is 14.0. The Labute approximate surface area is 159 Å². The Morgan fingerprint density at radius 3 is 2.60 bits per heavy atom. The second-order valence-corrected chi connectivity index (χ2v) is 7.94. The summed E-state index contributed by atoms with van der Waals surface area (Å²) in [6.07, 6.45) is 5.50. The molecule has 1 amide bonds. The van der Waals surface area contributed by atoms with Crippen LogP contribution in [0, 0.1) is 17.7 Å². The van der Waals surface area contributed by atoms with Crippen molar-refractivity contribution < 1.29 is 9.18 Å². The molecule has 1 aromatic carbocycles. The number of carbonyl (C=O) groups excluding carboxylic acids is 1. The summed E-state index contributed by atoms with van der Waals surface area (Å²) in [4.78, 5) is 14.7. The molecule has 0 aromatic heterocycles. The largest absolute Gasteiger partial charge is 0.342 e. The highest BCUT2D eigenvalue weighted by atomic mass is 35.5. The first-order valence-electron chi connectivity index (χ1n) is 9.09. The van der Waals surface area contributed by atoms with E-state index in [2.05, 4.69) is 5.32 Å². The van der Waals surface area contributed by atoms with Crippen LogP contribution >= 0.6 is 24.0 Å². The van der Waals surface area contributed by atoms with Gasteiger partial charge in [-0.05, 0) is 56.7 Å². The van der Waals surface area contributed by atoms with Gasteiger partial charge in [-0.1, -0.05) is 17.7 Å². The summed E-state index contributed by atoms with van der Waals surface area (Å²) in [7, 11) is 0. The molecule has 1 saturated heterocycles. The molecule has 2 saturated carbocycles. The Balaban J connectivity index is 0.00000182. The van der Waals surface area contributed by atoms with Gasteiger partial charge in [0.15, 0.2) is 0 Å². The van der Waals surface area contributed by atoms with E-state index in [1.54, 1.807) is 12.1 Å². The van der Waals surface area contributed by atoms with Gasteiger partial charge in [-0.25, -0.2) is 4.39 Å². The maximum atomic E-state index is 14.0. The van der Waals surface area contributed by atoms with Gasteiger partial charge in [0.1, 0.15) is 5.82 Å². The molecule has 4 rings (SSSR count). The van der Waals surface area contributed by atoms with Crippen molar-refractivity contribution in [2.75, 3.05) is 19.6 Å². The number of amides is 1. The van der Waals surface area contributed by atoms with E-state index in [0.29, 0.717) is 16.6 Å². The van der Waals surface area contributed by atoms with Crippen LogP contribution < -0.4 is 5.32 Å². The summed E-state index contributed by atoms with van der Waals surface area (Å²) in [5.41, 5.74) is 0.526. The fraction of sp³-hybridized carbons (Fsp3) is 0.632. The van der Waals surface area contributed by atoms with E-state index in [0.717, 1.165) is 44.8 Å². The predicted octanol–water partition coefficient (Wildman–Crippen LogP) is 4.00. The minimum absolute atomic E-state index is 0. The average Bonchev–Trinajstić information content (AvgIpc) is 3.47. The van der Waals surface area contributed by atoms with Crippen LogP contribution in [0.15, 0.2) is 18.2 Å². The molecule has 3 nitrogen and oxygen atoms in total. The van der Waals surface area contributed by atoms with Gasteiger partial charge < -0.3 is 10.2 Å². The number of carbonyl (C=O) groups is 1. The van der Waals surface area contributed by atoms with E-state index < -0.39 is 0 Å². The number of hydrogen-bond donors (Lipinski definition) is 1. The standard InChI is InChI=1S/C19H24ClFN2O.ClH/c20-16-2-1-3-17(21)18(16)14-10-15(14)19(24)23-8-6-13(7-9-23)22-11-12-4-5-12;/h1-3,12-15,22H,4-11H2;1H. The third-order valence-corrected chi connectivity index (χ3v) is 6.01. The normalized spacial score (nSPS) is 26.2. The van der Waals surface area contributed by atoms with Crippen LogP contribution in [-0.4, -0.2) is 36.5 Å². The van der Waals surface area contributed by atoms with E-state index in [1.807, 2.05) is 4.90 Å². The van der Waals surface area contributed by atoms with E-state index in [1.165, 1.54) is 18.9 Å². The molecule has 2 atom stereocenters. The van der Waals surface area contributed by atoms with Crippen LogP contribution in [0.1, 0.15) is 43.6 Å². The molecule has 0 spiro atoms. The summed E-state index contributed by atoms with van der Waals surface area (Å²) in [6.45, 7) is 2.76. The van der Waals surface area contributed by atoms with Gasteiger partial charge in [0.2, 0.25) is 5.91 Å². The fourth-order valence-electron chi connectivity index (χ4n) is 3.85. The monoisotopic (exact) mass is 386 g/mol. The molecular formula is C19H25Cl2FN2O. The van der Waals surface area contributed by atoms with Gasteiger partial charge in [0, 0.05) is 41.6 Å². The summed E-state index contributed by atoms with van der Waals surface area (Å²) in [5.74, 6) is 0.653. The number of hydrogen-bond acceptors (Lipinski definition) is 2. The van der Waals surface area contributed by atoms with Crippen LogP contribution in [0.25, 0.3) is 0 Å². The quantitative estimate of drug-likeness (QED) is 0.829. The zero-order chi connectivity index (χ0) is 16.7. The molecule has 2 aliphatic carbocycles. The van der Waals surface area contributed by atoms with Gasteiger partial charge in [0.05, 0.1) is 0 Å². The molecule has 1 heterocycles. The van der Waals surface area contributed by atoms with Crippen molar-refractivity contribution >= 4 is 29.9 Å². The van der Waals surface area contributed by atoms with Crippen molar-refractivity contribution in [1.82, 2.24) is 10.2 Å². The first kappa shape index (κ1) is 18.9. The molecule has 25 heavy (non-hydrogen) atoms. The Kier molecular flexibility index (Phi) is 5.92. The third-order valence-electron chi connectivity index (χ3n) is 5.68. The van der Waals surface area contributed by atoms with Crippen LogP contribution in [0.3, 0.4) is 0 Å². The van der Waals surface area contributed by atoms with E-state index in [9.17, 15) is 9.18 Å². The molecular weight excluding hydrogens is 362 g/mol. The average molecular weight is 387 g/mol. The molecule has 0 radical (unpaired) electrons. The molecule has 2 unspecified atom stereocenters. The topological polar surface area (TPSA) is 32.3 Å². The van der Waals surface area contributed by atoms with Crippen LogP contribution in [-0.2, 0) is 4.79 Å². The zero-order valence-electron chi connectivity index (χ0n) is 14.2. The van der Waals surface area contributed by atoms with Crippen molar-refractivity contribution in [3.63, 3.8) is 0 Å². The maximum absolute atomic E-state index is 14.0. The van der Waals surface area contributed by atoms with Crippen LogP contribution in [0.4, 0.5) is 4.39 Å². The third kappa shape index (κ3) is 4.29. The zero-order valence-corrected chi connectivity index (χ0v) is 15.8.